The van der Waals surface area contributed by atoms with Crippen molar-refractivity contribution in [2.24, 2.45) is 10.8 Å². The Kier molecular flexibility index (Phi) is 11.7. The molecule has 2 saturated carbocycles. The summed E-state index contributed by atoms with van der Waals surface area (Å²) in [4.78, 5) is 64.4. The van der Waals surface area contributed by atoms with Crippen LogP contribution in [0.2, 0.25) is 0 Å². The molecule has 0 bridgehead atoms. The monoisotopic (exact) mass is 1020 g/mol. The van der Waals surface area contributed by atoms with Gasteiger partial charge in [-0.3, -0.25) is 34.5 Å². The van der Waals surface area contributed by atoms with E-state index in [9.17, 15) is 19.5 Å². The molecule has 5 aromatic rings. The minimum atomic E-state index is -0.776. The zero-order valence-electron chi connectivity index (χ0n) is 43.4. The summed E-state index contributed by atoms with van der Waals surface area (Å²) >= 11 is 0. The Hall–Kier alpha value is -6.04. The molecule has 2 atom stereocenters. The Morgan fingerprint density at radius 2 is 1.68 bits per heavy atom. The average molecular weight is 1020 g/mol. The summed E-state index contributed by atoms with van der Waals surface area (Å²) in [6.45, 7) is 15.1. The molecule has 8 heterocycles. The molecule has 3 amide bonds. The number of hydrogen-bond donors (Lipinski definition) is 2. The molecule has 6 aliphatic heterocycles. The van der Waals surface area contributed by atoms with Crippen LogP contribution in [0, 0.1) is 22.5 Å². The molecule has 5 saturated heterocycles. The lowest BCUT2D eigenvalue weighted by Gasteiger charge is -2.56. The maximum Gasteiger partial charge on any atom is 0.319 e. The van der Waals surface area contributed by atoms with Crippen molar-refractivity contribution in [1.82, 2.24) is 30.1 Å². The summed E-state index contributed by atoms with van der Waals surface area (Å²) in [5.41, 5.74) is 2.94. The van der Waals surface area contributed by atoms with Crippen LogP contribution < -0.4 is 24.8 Å². The Labute approximate surface area is 435 Å². The number of amides is 3. The van der Waals surface area contributed by atoms with Crippen molar-refractivity contribution < 1.29 is 37.7 Å². The Morgan fingerprint density at radius 1 is 0.893 bits per heavy atom. The highest BCUT2D eigenvalue weighted by Gasteiger charge is 2.52. The number of aromatic nitrogens is 3. The summed E-state index contributed by atoms with van der Waals surface area (Å²) in [5.74, 6) is -1.36. The number of ether oxygens (including phenoxy) is 2. The fourth-order valence-corrected chi connectivity index (χ4v) is 14.1. The summed E-state index contributed by atoms with van der Waals surface area (Å²) in [7, 11) is 0. The molecule has 2 N–H and O–H groups in total. The van der Waals surface area contributed by atoms with Gasteiger partial charge in [-0.1, -0.05) is 13.0 Å². The van der Waals surface area contributed by atoms with Crippen LogP contribution in [0.15, 0.2) is 48.7 Å². The number of pyridine rings is 1. The van der Waals surface area contributed by atoms with Gasteiger partial charge in [0.2, 0.25) is 17.7 Å². The number of piperidine rings is 3. The van der Waals surface area contributed by atoms with Crippen molar-refractivity contribution in [1.29, 1.82) is 0 Å². The highest BCUT2D eigenvalue weighted by Crippen LogP contribution is 2.54. The zero-order chi connectivity index (χ0) is 51.6. The molecule has 2 spiro atoms. The van der Waals surface area contributed by atoms with Gasteiger partial charge in [0.25, 0.3) is 0 Å². The van der Waals surface area contributed by atoms with Crippen LogP contribution in [0.4, 0.5) is 26.0 Å². The van der Waals surface area contributed by atoms with Crippen molar-refractivity contribution in [2.45, 2.75) is 121 Å². The van der Waals surface area contributed by atoms with E-state index in [-0.39, 0.29) is 52.2 Å². The van der Waals surface area contributed by atoms with Crippen molar-refractivity contribution in [3.63, 3.8) is 0 Å². The number of carbonyl (C=O) groups excluding carboxylic acids is 3. The number of aromatic hydroxyl groups is 1. The lowest BCUT2D eigenvalue weighted by Crippen LogP contribution is -2.59. The zero-order valence-corrected chi connectivity index (χ0v) is 43.4. The normalized spacial score (nSPS) is 25.5. The first-order valence-corrected chi connectivity index (χ1v) is 27.5. The summed E-state index contributed by atoms with van der Waals surface area (Å²) < 4.78 is 45.2. The number of likely N-dealkylation sites (tertiary alicyclic amines) is 1. The predicted octanol–water partition coefficient (Wildman–Crippen LogP) is 7.81. The summed E-state index contributed by atoms with van der Waals surface area (Å²) in [6, 6.07) is 12.3. The van der Waals surface area contributed by atoms with E-state index in [0.29, 0.717) is 70.6 Å². The number of halogens is 2. The van der Waals surface area contributed by atoms with Crippen LogP contribution in [-0.2, 0) is 31.0 Å². The number of benzene rings is 3. The van der Waals surface area contributed by atoms with Gasteiger partial charge in [0.05, 0.1) is 29.6 Å². The molecule has 17 heteroatoms. The second-order valence-electron chi connectivity index (χ2n) is 23.9. The van der Waals surface area contributed by atoms with E-state index in [0.717, 1.165) is 108 Å². The molecule has 2 aliphatic carbocycles. The fourth-order valence-electron chi connectivity index (χ4n) is 14.1. The predicted molar refractivity (Wildman–Crippen MR) is 281 cm³/mol. The molecule has 1 unspecified atom stereocenters. The van der Waals surface area contributed by atoms with E-state index in [1.54, 1.807) is 23.2 Å². The molecule has 2 aromatic heterocycles. The largest absolute Gasteiger partial charge is 0.508 e. The molecule has 15 nitrogen and oxygen atoms in total. The van der Waals surface area contributed by atoms with Gasteiger partial charge in [-0.05, 0) is 155 Å². The quantitative estimate of drug-likeness (QED) is 0.124. The third kappa shape index (κ3) is 8.37. The maximum absolute atomic E-state index is 17.3. The number of hydrogen-bond acceptors (Lipinski definition) is 13. The topological polar surface area (TPSA) is 157 Å². The number of nitrogens with zero attached hydrogens (tertiary/aromatic N) is 8. The highest BCUT2D eigenvalue weighted by molar-refractivity contribution is 6.14. The number of imide groups is 1. The first-order chi connectivity index (χ1) is 36.1. The number of carbonyl (C=O) groups is 3. The Balaban J connectivity index is 0.651. The van der Waals surface area contributed by atoms with Crippen LogP contribution in [0.5, 0.6) is 11.8 Å². The molecule has 75 heavy (non-hydrogen) atoms. The lowest BCUT2D eigenvalue weighted by atomic mass is 9.60. The van der Waals surface area contributed by atoms with Gasteiger partial charge in [0, 0.05) is 93.2 Å². The number of fused-ring (bicyclic) bond motifs is 3. The fraction of sp³-hybridized carbons (Fsp3) is 0.552. The Bertz CT molecular complexity index is 3160. The van der Waals surface area contributed by atoms with Crippen molar-refractivity contribution in [2.75, 3.05) is 86.8 Å². The summed E-state index contributed by atoms with van der Waals surface area (Å²) in [6.07, 6.45) is 12.3. The molecule has 394 valence electrons. The minimum absolute atomic E-state index is 0.0158. The highest BCUT2D eigenvalue weighted by atomic mass is 19.1. The average Bonchev–Trinajstić information content (AvgIpc) is 4.14. The first kappa shape index (κ1) is 48.6. The lowest BCUT2D eigenvalue weighted by molar-refractivity contribution is -0.151. The number of rotatable bonds is 11. The van der Waals surface area contributed by atoms with E-state index in [4.69, 9.17) is 19.4 Å². The van der Waals surface area contributed by atoms with E-state index in [1.807, 2.05) is 26.8 Å². The number of phenolic OH excluding ortho intramolecular Hbond substituents is 1. The SMILES string of the molecule is CCc1c(F)ccc2cc(O)cc(-c3ncc4c(N5CCC[C@]6(CCO6)C5)nc(OCC5(CN6CCC7(CC6)CC(N6CCN(c8ccc9c(c8)C(C)(C)C(=O)N9C8CCC(=O)NC8=O)CC6)C7)CC5)nc4c3F)c12. The van der Waals surface area contributed by atoms with Crippen LogP contribution in [0.1, 0.15) is 103 Å². The molecule has 8 aliphatic rings. The number of phenols is 1. The number of aryl methyl sites for hydroxylation is 1. The van der Waals surface area contributed by atoms with E-state index in [2.05, 4.69) is 42.0 Å². The van der Waals surface area contributed by atoms with Crippen molar-refractivity contribution >= 4 is 56.6 Å². The van der Waals surface area contributed by atoms with Crippen LogP contribution >= 0.6 is 0 Å². The van der Waals surface area contributed by atoms with Crippen LogP contribution in [0.25, 0.3) is 32.9 Å². The summed E-state index contributed by atoms with van der Waals surface area (Å²) in [5, 5.41) is 14.8. The Morgan fingerprint density at radius 3 is 2.40 bits per heavy atom. The molecule has 13 rings (SSSR count). The van der Waals surface area contributed by atoms with Crippen LogP contribution in [0.3, 0.4) is 0 Å². The standard InChI is InChI=1S/C58H67F2N9O6/c1-4-39-43(59)8-6-35-26-38(70)28-40(47(35)39)49-48(60)50-41(31-61-49)51(68-18-5-12-58(33-68)17-25-75-58)64-54(63-50)74-34-57(13-14-57)32-65-19-15-56(16-20-65)29-37(30-56)67-23-21-66(22-24-67)36-7-9-44-42(27-36)55(2,3)53(73)69(44)45-10-11-46(71)62-52(45)72/h6-9,26-28,31,37,45,70H,4-5,10-25,29-30,32-34H2,1-3H3,(H,62,71,72)/t45?,58-/m0/s1. The van der Waals surface area contributed by atoms with Crippen molar-refractivity contribution in [3.8, 4) is 23.0 Å². The van der Waals surface area contributed by atoms with Crippen LogP contribution in [-0.4, -0.2) is 137 Å². The van der Waals surface area contributed by atoms with Gasteiger partial charge in [-0.2, -0.15) is 9.97 Å². The van der Waals surface area contributed by atoms with E-state index in [1.165, 1.54) is 37.8 Å². The molecular weight excluding hydrogens is 957 g/mol. The second kappa shape index (κ2) is 18.0. The van der Waals surface area contributed by atoms with Gasteiger partial charge in [-0.25, -0.2) is 8.78 Å². The smallest absolute Gasteiger partial charge is 0.319 e. The molecular formula is C58H67F2N9O6. The second-order valence-corrected chi connectivity index (χ2v) is 23.9. The molecule has 0 radical (unpaired) electrons. The molecule has 7 fully saturated rings. The van der Waals surface area contributed by atoms with E-state index >= 15 is 8.78 Å². The maximum atomic E-state index is 17.3. The van der Waals surface area contributed by atoms with Gasteiger partial charge in [-0.15, -0.1) is 0 Å². The van der Waals surface area contributed by atoms with E-state index < -0.39 is 29.0 Å². The first-order valence-electron chi connectivity index (χ1n) is 27.5. The number of piperazine rings is 1. The number of anilines is 3. The third-order valence-corrected chi connectivity index (χ3v) is 18.9. The van der Waals surface area contributed by atoms with Crippen molar-refractivity contribution in [3.05, 3.63) is 71.4 Å². The third-order valence-electron chi connectivity index (χ3n) is 18.9. The minimum Gasteiger partial charge on any atom is -0.508 e. The van der Waals surface area contributed by atoms with Gasteiger partial charge in [0.15, 0.2) is 5.82 Å². The molecule has 3 aromatic carbocycles. The van der Waals surface area contributed by atoms with Gasteiger partial charge < -0.3 is 29.3 Å². The van der Waals surface area contributed by atoms with Gasteiger partial charge in [0.1, 0.15) is 34.6 Å². The number of nitrogens with one attached hydrogen (secondary N) is 1. The van der Waals surface area contributed by atoms with Gasteiger partial charge >= 0.3 is 6.01 Å².